The molecule has 0 aliphatic heterocycles. The molecular weight excluding hydrogens is 305 g/mol. The van der Waals surface area contributed by atoms with Gasteiger partial charge in [0.15, 0.2) is 0 Å². The van der Waals surface area contributed by atoms with Gasteiger partial charge in [0, 0.05) is 8.95 Å². The molecule has 0 aliphatic rings. The summed E-state index contributed by atoms with van der Waals surface area (Å²) in [5.41, 5.74) is 6.69. The SMILES string of the molecule is Cl.NCCc1ccc(Br)c(Br)c1. The van der Waals surface area contributed by atoms with Crippen molar-refractivity contribution in [1.29, 1.82) is 0 Å². The van der Waals surface area contributed by atoms with E-state index in [9.17, 15) is 0 Å². The topological polar surface area (TPSA) is 26.0 Å². The van der Waals surface area contributed by atoms with E-state index >= 15 is 0 Å². The quantitative estimate of drug-likeness (QED) is 0.891. The fourth-order valence-corrected chi connectivity index (χ4v) is 1.53. The zero-order valence-electron chi connectivity index (χ0n) is 6.39. The van der Waals surface area contributed by atoms with Crippen molar-refractivity contribution < 1.29 is 0 Å². The van der Waals surface area contributed by atoms with Crippen molar-refractivity contribution in [2.45, 2.75) is 6.42 Å². The highest BCUT2D eigenvalue weighted by atomic mass is 79.9. The van der Waals surface area contributed by atoms with Crippen LogP contribution in [0.2, 0.25) is 0 Å². The summed E-state index contributed by atoms with van der Waals surface area (Å²) in [6.07, 6.45) is 0.936. The van der Waals surface area contributed by atoms with E-state index in [1.165, 1.54) is 5.56 Å². The minimum Gasteiger partial charge on any atom is -0.330 e. The number of rotatable bonds is 2. The predicted octanol–water partition coefficient (Wildman–Crippen LogP) is 3.13. The number of halogens is 3. The molecule has 0 saturated heterocycles. The fourth-order valence-electron chi connectivity index (χ4n) is 0.862. The number of benzene rings is 1. The van der Waals surface area contributed by atoms with Crippen molar-refractivity contribution in [3.63, 3.8) is 0 Å². The molecule has 1 aromatic rings. The summed E-state index contributed by atoms with van der Waals surface area (Å²) in [7, 11) is 0. The normalized spacial score (nSPS) is 9.25. The molecular formula is C8H10Br2ClN. The van der Waals surface area contributed by atoms with Crippen LogP contribution in [-0.4, -0.2) is 6.54 Å². The third-order valence-corrected chi connectivity index (χ3v) is 3.30. The van der Waals surface area contributed by atoms with E-state index in [0.717, 1.165) is 15.4 Å². The minimum atomic E-state index is 0. The maximum Gasteiger partial charge on any atom is 0.0320 e. The van der Waals surface area contributed by atoms with Crippen molar-refractivity contribution in [2.75, 3.05) is 6.54 Å². The first kappa shape index (κ1) is 12.4. The zero-order chi connectivity index (χ0) is 8.27. The summed E-state index contributed by atoms with van der Waals surface area (Å²) in [6, 6.07) is 6.17. The molecule has 2 N–H and O–H groups in total. The Hall–Kier alpha value is 0.430. The third-order valence-electron chi connectivity index (χ3n) is 1.42. The van der Waals surface area contributed by atoms with Crippen LogP contribution in [0.25, 0.3) is 0 Å². The first-order chi connectivity index (χ1) is 5.24. The van der Waals surface area contributed by atoms with E-state index in [-0.39, 0.29) is 12.4 Å². The third kappa shape index (κ3) is 3.44. The van der Waals surface area contributed by atoms with Gasteiger partial charge in [-0.15, -0.1) is 12.4 Å². The highest BCUT2D eigenvalue weighted by molar-refractivity contribution is 9.13. The lowest BCUT2D eigenvalue weighted by molar-refractivity contribution is 0.967. The Bertz CT molecular complexity index is 253. The second-order valence-corrected chi connectivity index (χ2v) is 4.00. The van der Waals surface area contributed by atoms with E-state index in [0.29, 0.717) is 6.54 Å². The molecule has 1 aromatic carbocycles. The van der Waals surface area contributed by atoms with E-state index < -0.39 is 0 Å². The smallest absolute Gasteiger partial charge is 0.0320 e. The average molecular weight is 315 g/mol. The largest absolute Gasteiger partial charge is 0.330 e. The average Bonchev–Trinajstić information content (AvgIpc) is 1.98. The summed E-state index contributed by atoms with van der Waals surface area (Å²) in [5.74, 6) is 0. The number of nitrogens with two attached hydrogens (primary N) is 1. The Kier molecular flexibility index (Phi) is 6.19. The maximum atomic E-state index is 5.42. The Morgan fingerprint density at radius 1 is 1.17 bits per heavy atom. The van der Waals surface area contributed by atoms with Crippen molar-refractivity contribution >= 4 is 44.3 Å². The van der Waals surface area contributed by atoms with Gasteiger partial charge in [0.05, 0.1) is 0 Å². The molecule has 0 unspecified atom stereocenters. The van der Waals surface area contributed by atoms with Crippen LogP contribution in [0.4, 0.5) is 0 Å². The van der Waals surface area contributed by atoms with Crippen molar-refractivity contribution in [3.05, 3.63) is 32.7 Å². The van der Waals surface area contributed by atoms with E-state index in [4.69, 9.17) is 5.73 Å². The lowest BCUT2D eigenvalue weighted by Gasteiger charge is -2.00. The summed E-state index contributed by atoms with van der Waals surface area (Å²) in [4.78, 5) is 0. The van der Waals surface area contributed by atoms with Crippen molar-refractivity contribution in [3.8, 4) is 0 Å². The Balaban J connectivity index is 0.00000121. The number of hydrogen-bond donors (Lipinski definition) is 1. The monoisotopic (exact) mass is 313 g/mol. The molecule has 0 aromatic heterocycles. The van der Waals surface area contributed by atoms with Crippen molar-refractivity contribution in [1.82, 2.24) is 0 Å². The van der Waals surface area contributed by atoms with Gasteiger partial charge in [-0.2, -0.15) is 0 Å². The van der Waals surface area contributed by atoms with E-state index in [1.807, 2.05) is 6.07 Å². The molecule has 0 bridgehead atoms. The number of hydrogen-bond acceptors (Lipinski definition) is 1. The van der Waals surface area contributed by atoms with Crippen LogP contribution in [0.5, 0.6) is 0 Å². The Labute approximate surface area is 95.4 Å². The van der Waals surface area contributed by atoms with Crippen molar-refractivity contribution in [2.24, 2.45) is 5.73 Å². The molecule has 0 atom stereocenters. The summed E-state index contributed by atoms with van der Waals surface area (Å²) >= 11 is 6.83. The lowest BCUT2D eigenvalue weighted by atomic mass is 10.2. The van der Waals surface area contributed by atoms with Crippen LogP contribution < -0.4 is 5.73 Å². The standard InChI is InChI=1S/C8H9Br2N.ClH/c9-7-2-1-6(3-4-11)5-8(7)10;/h1-2,5H,3-4,11H2;1H. The molecule has 0 radical (unpaired) electrons. The molecule has 0 saturated carbocycles. The van der Waals surface area contributed by atoms with Gasteiger partial charge in [-0.3, -0.25) is 0 Å². The summed E-state index contributed by atoms with van der Waals surface area (Å²) < 4.78 is 2.17. The highest BCUT2D eigenvalue weighted by Gasteiger charge is 1.96. The second-order valence-electron chi connectivity index (χ2n) is 2.29. The van der Waals surface area contributed by atoms with Gasteiger partial charge in [-0.25, -0.2) is 0 Å². The predicted molar refractivity (Wildman–Crippen MR) is 61.8 cm³/mol. The highest BCUT2D eigenvalue weighted by Crippen LogP contribution is 2.23. The maximum absolute atomic E-state index is 5.42. The van der Waals surface area contributed by atoms with Gasteiger partial charge in [-0.05, 0) is 62.5 Å². The van der Waals surface area contributed by atoms with Crippen LogP contribution in [0.3, 0.4) is 0 Å². The van der Waals surface area contributed by atoms with Crippen LogP contribution in [0, 0.1) is 0 Å². The first-order valence-electron chi connectivity index (χ1n) is 3.38. The fraction of sp³-hybridized carbons (Fsp3) is 0.250. The minimum absolute atomic E-state index is 0. The molecule has 12 heavy (non-hydrogen) atoms. The van der Waals surface area contributed by atoms with Gasteiger partial charge in [0.1, 0.15) is 0 Å². The zero-order valence-corrected chi connectivity index (χ0v) is 10.4. The van der Waals surface area contributed by atoms with Crippen LogP contribution in [0.15, 0.2) is 27.1 Å². The molecule has 1 nitrogen and oxygen atoms in total. The Morgan fingerprint density at radius 2 is 1.83 bits per heavy atom. The second kappa shape index (κ2) is 5.97. The van der Waals surface area contributed by atoms with Gasteiger partial charge in [-0.1, -0.05) is 6.07 Å². The van der Waals surface area contributed by atoms with Crippen LogP contribution in [-0.2, 0) is 6.42 Å². The molecule has 4 heteroatoms. The van der Waals surface area contributed by atoms with Crippen LogP contribution in [0.1, 0.15) is 5.56 Å². The molecule has 0 amide bonds. The molecule has 0 fully saturated rings. The molecule has 0 heterocycles. The van der Waals surface area contributed by atoms with Gasteiger partial charge in [0.2, 0.25) is 0 Å². The van der Waals surface area contributed by atoms with E-state index in [1.54, 1.807) is 0 Å². The molecule has 68 valence electrons. The van der Waals surface area contributed by atoms with E-state index in [2.05, 4.69) is 44.0 Å². The van der Waals surface area contributed by atoms with Gasteiger partial charge < -0.3 is 5.73 Å². The summed E-state index contributed by atoms with van der Waals surface area (Å²) in [6.45, 7) is 0.702. The first-order valence-corrected chi connectivity index (χ1v) is 4.96. The summed E-state index contributed by atoms with van der Waals surface area (Å²) in [5, 5.41) is 0. The van der Waals surface area contributed by atoms with Gasteiger partial charge >= 0.3 is 0 Å². The molecule has 0 spiro atoms. The van der Waals surface area contributed by atoms with Gasteiger partial charge in [0.25, 0.3) is 0 Å². The lowest BCUT2D eigenvalue weighted by Crippen LogP contribution is -2.02. The van der Waals surface area contributed by atoms with Crippen LogP contribution >= 0.6 is 44.3 Å². The molecule has 1 rings (SSSR count). The molecule has 0 aliphatic carbocycles. The Morgan fingerprint density at radius 3 is 2.33 bits per heavy atom.